The largest absolute Gasteiger partial charge is 0.322 e. The standard InChI is InChI=1S/C14H10F2N2O3/c1-8-6-10(15)3-5-12(8)17-14(19)9-2-4-11(16)13(7-9)18(20)21/h2-7H,1H3,(H,17,19). The van der Waals surface area contributed by atoms with Crippen LogP contribution in [0.15, 0.2) is 36.4 Å². The molecular weight excluding hydrogens is 282 g/mol. The zero-order chi connectivity index (χ0) is 15.6. The molecular formula is C14H10F2N2O3. The van der Waals surface area contributed by atoms with Crippen molar-refractivity contribution in [2.45, 2.75) is 6.92 Å². The van der Waals surface area contributed by atoms with Crippen molar-refractivity contribution in [1.82, 2.24) is 0 Å². The van der Waals surface area contributed by atoms with Crippen LogP contribution in [0.4, 0.5) is 20.2 Å². The average Bonchev–Trinajstić information content (AvgIpc) is 2.42. The van der Waals surface area contributed by atoms with Crippen molar-refractivity contribution < 1.29 is 18.5 Å². The molecule has 0 fully saturated rings. The number of carbonyl (C=O) groups excluding carboxylic acids is 1. The van der Waals surface area contributed by atoms with E-state index in [4.69, 9.17) is 0 Å². The molecule has 0 saturated carbocycles. The van der Waals surface area contributed by atoms with Gasteiger partial charge in [-0.1, -0.05) is 0 Å². The van der Waals surface area contributed by atoms with E-state index in [0.717, 1.165) is 18.2 Å². The summed E-state index contributed by atoms with van der Waals surface area (Å²) in [7, 11) is 0. The van der Waals surface area contributed by atoms with Gasteiger partial charge in [-0.25, -0.2) is 4.39 Å². The van der Waals surface area contributed by atoms with Crippen LogP contribution < -0.4 is 5.32 Å². The number of halogens is 2. The Morgan fingerprint density at radius 1 is 1.19 bits per heavy atom. The van der Waals surface area contributed by atoms with E-state index >= 15 is 0 Å². The molecule has 2 aromatic rings. The van der Waals surface area contributed by atoms with Gasteiger partial charge in [-0.3, -0.25) is 14.9 Å². The van der Waals surface area contributed by atoms with Crippen molar-refractivity contribution >= 4 is 17.3 Å². The highest BCUT2D eigenvalue weighted by molar-refractivity contribution is 6.05. The van der Waals surface area contributed by atoms with Crippen molar-refractivity contribution in [3.63, 3.8) is 0 Å². The molecule has 0 aliphatic heterocycles. The van der Waals surface area contributed by atoms with Crippen LogP contribution >= 0.6 is 0 Å². The lowest BCUT2D eigenvalue weighted by molar-refractivity contribution is -0.387. The zero-order valence-corrected chi connectivity index (χ0v) is 10.9. The van der Waals surface area contributed by atoms with Gasteiger partial charge in [-0.15, -0.1) is 0 Å². The summed E-state index contributed by atoms with van der Waals surface area (Å²) in [5.41, 5.74) is 0.0265. The number of nitro groups is 1. The van der Waals surface area contributed by atoms with E-state index in [1.165, 1.54) is 18.2 Å². The van der Waals surface area contributed by atoms with E-state index in [1.54, 1.807) is 6.92 Å². The van der Waals surface area contributed by atoms with Crippen LogP contribution in [0.2, 0.25) is 0 Å². The number of anilines is 1. The maximum absolute atomic E-state index is 13.2. The van der Waals surface area contributed by atoms with Gasteiger partial charge in [-0.2, -0.15) is 4.39 Å². The molecule has 0 unspecified atom stereocenters. The molecule has 0 atom stereocenters. The fraction of sp³-hybridized carbons (Fsp3) is 0.0714. The molecule has 1 amide bonds. The molecule has 7 heteroatoms. The summed E-state index contributed by atoms with van der Waals surface area (Å²) in [6, 6.07) is 6.63. The van der Waals surface area contributed by atoms with Gasteiger partial charge in [0.1, 0.15) is 5.82 Å². The quantitative estimate of drug-likeness (QED) is 0.695. The van der Waals surface area contributed by atoms with E-state index in [1.807, 2.05) is 0 Å². The molecule has 108 valence electrons. The summed E-state index contributed by atoms with van der Waals surface area (Å²) in [4.78, 5) is 21.7. The summed E-state index contributed by atoms with van der Waals surface area (Å²) in [6.45, 7) is 1.60. The van der Waals surface area contributed by atoms with E-state index < -0.39 is 28.2 Å². The van der Waals surface area contributed by atoms with E-state index in [-0.39, 0.29) is 5.56 Å². The normalized spacial score (nSPS) is 10.2. The highest BCUT2D eigenvalue weighted by Crippen LogP contribution is 2.21. The number of nitrogens with zero attached hydrogens (tertiary/aromatic N) is 1. The van der Waals surface area contributed by atoms with Gasteiger partial charge < -0.3 is 5.32 Å². The molecule has 0 radical (unpaired) electrons. The van der Waals surface area contributed by atoms with Gasteiger partial charge in [-0.05, 0) is 42.8 Å². The third-order valence-corrected chi connectivity index (χ3v) is 2.84. The molecule has 2 rings (SSSR count). The smallest absolute Gasteiger partial charge is 0.305 e. The number of nitrogens with one attached hydrogen (secondary N) is 1. The fourth-order valence-electron chi connectivity index (χ4n) is 1.76. The van der Waals surface area contributed by atoms with Crippen LogP contribution in [-0.4, -0.2) is 10.8 Å². The Morgan fingerprint density at radius 3 is 2.52 bits per heavy atom. The predicted molar refractivity (Wildman–Crippen MR) is 72.1 cm³/mol. The number of amides is 1. The summed E-state index contributed by atoms with van der Waals surface area (Å²) < 4.78 is 26.2. The second-order valence-electron chi connectivity index (χ2n) is 4.34. The summed E-state index contributed by atoms with van der Waals surface area (Å²) in [6.07, 6.45) is 0. The minimum absolute atomic E-state index is 0.0631. The first kappa shape index (κ1) is 14.6. The number of carbonyl (C=O) groups is 1. The molecule has 21 heavy (non-hydrogen) atoms. The second kappa shape index (κ2) is 5.66. The lowest BCUT2D eigenvalue weighted by Gasteiger charge is -2.08. The molecule has 0 saturated heterocycles. The molecule has 0 aliphatic carbocycles. The third-order valence-electron chi connectivity index (χ3n) is 2.84. The molecule has 0 aromatic heterocycles. The van der Waals surface area contributed by atoms with Gasteiger partial charge in [0.2, 0.25) is 5.82 Å². The Morgan fingerprint density at radius 2 is 1.90 bits per heavy atom. The van der Waals surface area contributed by atoms with E-state index in [9.17, 15) is 23.7 Å². The number of benzene rings is 2. The first-order chi connectivity index (χ1) is 9.88. The maximum Gasteiger partial charge on any atom is 0.305 e. The molecule has 0 bridgehead atoms. The van der Waals surface area contributed by atoms with Gasteiger partial charge in [0.05, 0.1) is 4.92 Å². The lowest BCUT2D eigenvalue weighted by atomic mass is 10.1. The van der Waals surface area contributed by atoms with Gasteiger partial charge in [0.15, 0.2) is 0 Å². The van der Waals surface area contributed by atoms with Crippen LogP contribution in [0.25, 0.3) is 0 Å². The SMILES string of the molecule is Cc1cc(F)ccc1NC(=O)c1ccc(F)c([N+](=O)[O-])c1. The highest BCUT2D eigenvalue weighted by atomic mass is 19.1. The van der Waals surface area contributed by atoms with Crippen LogP contribution in [0, 0.1) is 28.7 Å². The maximum atomic E-state index is 13.2. The zero-order valence-electron chi connectivity index (χ0n) is 10.9. The van der Waals surface area contributed by atoms with Crippen molar-refractivity contribution in [3.8, 4) is 0 Å². The first-order valence-electron chi connectivity index (χ1n) is 5.90. The van der Waals surface area contributed by atoms with Crippen molar-refractivity contribution in [2.75, 3.05) is 5.32 Å². The Labute approximate surface area is 118 Å². The Hall–Kier alpha value is -2.83. The Bertz CT molecular complexity index is 732. The van der Waals surface area contributed by atoms with Crippen molar-refractivity contribution in [3.05, 3.63) is 69.3 Å². The summed E-state index contributed by atoms with van der Waals surface area (Å²) >= 11 is 0. The minimum Gasteiger partial charge on any atom is -0.322 e. The summed E-state index contributed by atoms with van der Waals surface area (Å²) in [5, 5.41) is 13.1. The van der Waals surface area contributed by atoms with Gasteiger partial charge in [0.25, 0.3) is 5.91 Å². The number of rotatable bonds is 3. The average molecular weight is 292 g/mol. The van der Waals surface area contributed by atoms with Gasteiger partial charge in [0, 0.05) is 17.3 Å². The monoisotopic (exact) mass is 292 g/mol. The molecule has 5 nitrogen and oxygen atoms in total. The Balaban J connectivity index is 2.28. The molecule has 0 aliphatic rings. The van der Waals surface area contributed by atoms with Crippen molar-refractivity contribution in [1.29, 1.82) is 0 Å². The van der Waals surface area contributed by atoms with E-state index in [0.29, 0.717) is 11.3 Å². The molecule has 0 spiro atoms. The topological polar surface area (TPSA) is 72.2 Å². The lowest BCUT2D eigenvalue weighted by Crippen LogP contribution is -2.13. The minimum atomic E-state index is -1.02. The van der Waals surface area contributed by atoms with Crippen LogP contribution in [-0.2, 0) is 0 Å². The third kappa shape index (κ3) is 3.19. The highest BCUT2D eigenvalue weighted by Gasteiger charge is 2.17. The number of aryl methyl sites for hydroxylation is 1. The number of hydrogen-bond donors (Lipinski definition) is 1. The Kier molecular flexibility index (Phi) is 3.93. The molecule has 0 heterocycles. The van der Waals surface area contributed by atoms with Crippen molar-refractivity contribution in [2.24, 2.45) is 0 Å². The molecule has 2 aromatic carbocycles. The predicted octanol–water partition coefficient (Wildman–Crippen LogP) is 3.43. The van der Waals surface area contributed by atoms with Gasteiger partial charge >= 0.3 is 5.69 Å². The van der Waals surface area contributed by atoms with Crippen LogP contribution in [0.1, 0.15) is 15.9 Å². The number of nitro benzene ring substituents is 1. The van der Waals surface area contributed by atoms with Crippen LogP contribution in [0.3, 0.4) is 0 Å². The summed E-state index contributed by atoms with van der Waals surface area (Å²) in [5.74, 6) is -2.11. The van der Waals surface area contributed by atoms with E-state index in [2.05, 4.69) is 5.32 Å². The number of hydrogen-bond acceptors (Lipinski definition) is 3. The first-order valence-corrected chi connectivity index (χ1v) is 5.90. The second-order valence-corrected chi connectivity index (χ2v) is 4.34. The van der Waals surface area contributed by atoms with Crippen LogP contribution in [0.5, 0.6) is 0 Å². The fourth-order valence-corrected chi connectivity index (χ4v) is 1.76. The molecule has 1 N–H and O–H groups in total.